The predicted octanol–water partition coefficient (Wildman–Crippen LogP) is 5.17. The third kappa shape index (κ3) is 4.91. The van der Waals surface area contributed by atoms with Gasteiger partial charge in [0.05, 0.1) is 12.2 Å². The number of carbonyl (C=O) groups excluding carboxylic acids is 1. The number of halogens is 2. The number of anilines is 1. The van der Waals surface area contributed by atoms with Crippen LogP contribution in [0, 0.1) is 5.82 Å². The molecular weight excluding hydrogens is 387 g/mol. The molecule has 2 aromatic carbocycles. The summed E-state index contributed by atoms with van der Waals surface area (Å²) >= 11 is 7.60. The maximum absolute atomic E-state index is 13.2. The number of thiazole rings is 1. The van der Waals surface area contributed by atoms with Gasteiger partial charge in [-0.15, -0.1) is 11.3 Å². The van der Waals surface area contributed by atoms with Crippen molar-refractivity contribution in [1.29, 1.82) is 0 Å². The fraction of sp³-hybridized carbons (Fsp3) is 0.200. The number of hydrogen-bond donors (Lipinski definition) is 0. The van der Waals surface area contributed by atoms with E-state index >= 15 is 0 Å². The number of carbonyl (C=O) groups is 1. The number of rotatable bonds is 7. The molecule has 0 fully saturated rings. The Kier molecular flexibility index (Phi) is 6.55. The average molecular weight is 405 g/mol. The van der Waals surface area contributed by atoms with Crippen LogP contribution in [0.3, 0.4) is 0 Å². The molecule has 0 atom stereocenters. The van der Waals surface area contributed by atoms with Crippen LogP contribution >= 0.6 is 22.9 Å². The van der Waals surface area contributed by atoms with Gasteiger partial charge in [0.15, 0.2) is 5.13 Å². The van der Waals surface area contributed by atoms with Crippen molar-refractivity contribution in [2.24, 2.45) is 0 Å². The first-order valence-corrected chi connectivity index (χ1v) is 9.67. The van der Waals surface area contributed by atoms with Gasteiger partial charge >= 0.3 is 0 Å². The van der Waals surface area contributed by atoms with Gasteiger partial charge in [0.2, 0.25) is 0 Å². The molecule has 0 spiro atoms. The predicted molar refractivity (Wildman–Crippen MR) is 107 cm³/mol. The summed E-state index contributed by atoms with van der Waals surface area (Å²) in [7, 11) is 0. The molecule has 4 nitrogen and oxygen atoms in total. The molecule has 1 heterocycles. The number of nitrogens with zero attached hydrogens (tertiary/aromatic N) is 2. The molecular formula is C20H18ClFN2O2S. The molecule has 1 aromatic heterocycles. The molecule has 0 aliphatic carbocycles. The van der Waals surface area contributed by atoms with Crippen LogP contribution in [0.25, 0.3) is 11.3 Å². The number of hydrogen-bond acceptors (Lipinski definition) is 4. The van der Waals surface area contributed by atoms with Gasteiger partial charge in [0, 0.05) is 22.6 Å². The van der Waals surface area contributed by atoms with Crippen molar-refractivity contribution in [3.05, 3.63) is 70.3 Å². The molecule has 0 saturated heterocycles. The second kappa shape index (κ2) is 9.08. The number of aromatic nitrogens is 1. The van der Waals surface area contributed by atoms with E-state index in [1.165, 1.54) is 23.5 Å². The van der Waals surface area contributed by atoms with Crippen molar-refractivity contribution >= 4 is 34.0 Å². The Bertz CT molecular complexity index is 914. The molecule has 0 radical (unpaired) electrons. The molecule has 0 aliphatic heterocycles. The van der Waals surface area contributed by atoms with Crippen LogP contribution < -0.4 is 4.90 Å². The normalized spacial score (nSPS) is 10.8. The second-order valence-corrected chi connectivity index (χ2v) is 6.98. The van der Waals surface area contributed by atoms with Crippen molar-refractivity contribution in [2.75, 3.05) is 18.1 Å². The van der Waals surface area contributed by atoms with Gasteiger partial charge in [0.1, 0.15) is 12.4 Å². The molecule has 0 saturated carbocycles. The summed E-state index contributed by atoms with van der Waals surface area (Å²) in [4.78, 5) is 18.8. The zero-order valence-corrected chi connectivity index (χ0v) is 16.3. The average Bonchev–Trinajstić information content (AvgIpc) is 3.15. The zero-order chi connectivity index (χ0) is 19.2. The molecule has 0 N–H and O–H groups in total. The van der Waals surface area contributed by atoms with Gasteiger partial charge in [-0.2, -0.15) is 0 Å². The lowest BCUT2D eigenvalue weighted by atomic mass is 10.2. The van der Waals surface area contributed by atoms with Gasteiger partial charge < -0.3 is 4.74 Å². The Morgan fingerprint density at radius 1 is 1.22 bits per heavy atom. The van der Waals surface area contributed by atoms with E-state index in [2.05, 4.69) is 4.98 Å². The van der Waals surface area contributed by atoms with E-state index in [9.17, 15) is 9.18 Å². The smallest absolute Gasteiger partial charge is 0.255 e. The van der Waals surface area contributed by atoms with Crippen LogP contribution in [-0.4, -0.2) is 24.1 Å². The minimum absolute atomic E-state index is 0.0430. The highest BCUT2D eigenvalue weighted by Gasteiger charge is 2.20. The highest BCUT2D eigenvalue weighted by molar-refractivity contribution is 7.14. The number of amides is 1. The van der Waals surface area contributed by atoms with Gasteiger partial charge in [-0.1, -0.05) is 41.9 Å². The SMILES string of the molecule is CCOCC(=O)N(Cc1ccc(F)cc1)c1nc(-c2ccccc2Cl)cs1. The van der Waals surface area contributed by atoms with Gasteiger partial charge in [-0.05, 0) is 30.7 Å². The molecule has 7 heteroatoms. The van der Waals surface area contributed by atoms with Crippen LogP contribution in [0.4, 0.5) is 9.52 Å². The summed E-state index contributed by atoms with van der Waals surface area (Å²) in [6, 6.07) is 13.5. The maximum atomic E-state index is 13.2. The molecule has 3 rings (SSSR count). The van der Waals surface area contributed by atoms with Crippen molar-refractivity contribution < 1.29 is 13.9 Å². The topological polar surface area (TPSA) is 42.4 Å². The fourth-order valence-corrected chi connectivity index (χ4v) is 3.56. The molecule has 1 amide bonds. The third-order valence-electron chi connectivity index (χ3n) is 3.86. The molecule has 0 unspecified atom stereocenters. The Morgan fingerprint density at radius 2 is 1.96 bits per heavy atom. The molecule has 140 valence electrons. The van der Waals surface area contributed by atoms with E-state index in [1.807, 2.05) is 30.5 Å². The highest BCUT2D eigenvalue weighted by Crippen LogP contribution is 2.32. The van der Waals surface area contributed by atoms with Crippen LogP contribution in [0.15, 0.2) is 53.9 Å². The summed E-state index contributed by atoms with van der Waals surface area (Å²) in [5.41, 5.74) is 2.31. The highest BCUT2D eigenvalue weighted by atomic mass is 35.5. The van der Waals surface area contributed by atoms with Crippen LogP contribution in [-0.2, 0) is 16.1 Å². The molecule has 3 aromatic rings. The first kappa shape index (κ1) is 19.5. The van der Waals surface area contributed by atoms with Crippen molar-refractivity contribution in [2.45, 2.75) is 13.5 Å². The van der Waals surface area contributed by atoms with E-state index in [1.54, 1.807) is 23.1 Å². The van der Waals surface area contributed by atoms with E-state index in [0.717, 1.165) is 11.1 Å². The number of benzene rings is 2. The van der Waals surface area contributed by atoms with Crippen LogP contribution in [0.2, 0.25) is 5.02 Å². The van der Waals surface area contributed by atoms with Crippen molar-refractivity contribution in [1.82, 2.24) is 4.98 Å². The Labute approximate surface area is 166 Å². The fourth-order valence-electron chi connectivity index (χ4n) is 2.48. The van der Waals surface area contributed by atoms with Crippen LogP contribution in [0.5, 0.6) is 0 Å². The summed E-state index contributed by atoms with van der Waals surface area (Å²) < 4.78 is 18.4. The lowest BCUT2D eigenvalue weighted by Crippen LogP contribution is -2.33. The second-order valence-electron chi connectivity index (χ2n) is 5.74. The molecule has 27 heavy (non-hydrogen) atoms. The van der Waals surface area contributed by atoms with E-state index in [4.69, 9.17) is 16.3 Å². The summed E-state index contributed by atoms with van der Waals surface area (Å²) in [5, 5.41) is 3.00. The molecule has 0 aliphatic rings. The Morgan fingerprint density at radius 3 is 2.67 bits per heavy atom. The van der Waals surface area contributed by atoms with E-state index < -0.39 is 0 Å². The first-order valence-electron chi connectivity index (χ1n) is 8.41. The van der Waals surface area contributed by atoms with Crippen molar-refractivity contribution in [3.63, 3.8) is 0 Å². The summed E-state index contributed by atoms with van der Waals surface area (Å²) in [6.07, 6.45) is 0. The maximum Gasteiger partial charge on any atom is 0.255 e. The lowest BCUT2D eigenvalue weighted by molar-refractivity contribution is -0.123. The van der Waals surface area contributed by atoms with Gasteiger partial charge in [-0.25, -0.2) is 9.37 Å². The first-order chi connectivity index (χ1) is 13.1. The van der Waals surface area contributed by atoms with E-state index in [-0.39, 0.29) is 24.9 Å². The zero-order valence-electron chi connectivity index (χ0n) is 14.7. The third-order valence-corrected chi connectivity index (χ3v) is 5.05. The summed E-state index contributed by atoms with van der Waals surface area (Å²) in [6.45, 7) is 2.51. The van der Waals surface area contributed by atoms with Gasteiger partial charge in [0.25, 0.3) is 5.91 Å². The number of ether oxygens (including phenoxy) is 1. The Balaban J connectivity index is 1.89. The monoisotopic (exact) mass is 404 g/mol. The molecule has 0 bridgehead atoms. The van der Waals surface area contributed by atoms with E-state index in [0.29, 0.717) is 22.5 Å². The van der Waals surface area contributed by atoms with Crippen molar-refractivity contribution in [3.8, 4) is 11.3 Å². The van der Waals surface area contributed by atoms with Crippen LogP contribution in [0.1, 0.15) is 12.5 Å². The van der Waals surface area contributed by atoms with Gasteiger partial charge in [-0.3, -0.25) is 9.69 Å². The standard InChI is InChI=1S/C20H18ClFN2O2S/c1-2-26-12-19(25)24(11-14-7-9-15(22)10-8-14)20-23-18(13-27-20)16-5-3-4-6-17(16)21/h3-10,13H,2,11-12H2,1H3. The quantitative estimate of drug-likeness (QED) is 0.545. The minimum atomic E-state index is -0.318. The minimum Gasteiger partial charge on any atom is -0.372 e. The largest absolute Gasteiger partial charge is 0.372 e. The Hall–Kier alpha value is -2.28. The summed E-state index contributed by atoms with van der Waals surface area (Å²) in [5.74, 6) is -0.526. The lowest BCUT2D eigenvalue weighted by Gasteiger charge is -2.20.